The summed E-state index contributed by atoms with van der Waals surface area (Å²) in [6.07, 6.45) is 0. The van der Waals surface area contributed by atoms with Crippen LogP contribution in [0.3, 0.4) is 0 Å². The molecule has 2 aromatic carbocycles. The van der Waals surface area contributed by atoms with Crippen LogP contribution < -0.4 is 5.32 Å². The summed E-state index contributed by atoms with van der Waals surface area (Å²) in [6.45, 7) is 2.98. The highest BCUT2D eigenvalue weighted by molar-refractivity contribution is 5.48. The van der Waals surface area contributed by atoms with Crippen molar-refractivity contribution < 1.29 is 5.11 Å². The van der Waals surface area contributed by atoms with Crippen molar-refractivity contribution in [2.24, 2.45) is 0 Å². The van der Waals surface area contributed by atoms with Gasteiger partial charge in [0, 0.05) is 17.8 Å². The molecule has 1 atom stereocenters. The molecule has 0 aromatic heterocycles. The van der Waals surface area contributed by atoms with E-state index in [1.807, 2.05) is 25.1 Å². The molecule has 2 N–H and O–H groups in total. The van der Waals surface area contributed by atoms with Gasteiger partial charge in [0.2, 0.25) is 0 Å². The Labute approximate surface area is 120 Å². The van der Waals surface area contributed by atoms with Crippen molar-refractivity contribution >= 4 is 5.69 Å². The number of hydrogen-bond acceptors (Lipinski definition) is 3. The van der Waals surface area contributed by atoms with Gasteiger partial charge in [0.05, 0.1) is 6.04 Å². The Kier molecular flexibility index (Phi) is 4.64. The monoisotopic (exact) mass is 270 g/mol. The Bertz CT molecular complexity index is 549. The zero-order valence-electron chi connectivity index (χ0n) is 12.3. The quantitative estimate of drug-likeness (QED) is 0.871. The van der Waals surface area contributed by atoms with Gasteiger partial charge in [-0.1, -0.05) is 30.3 Å². The zero-order valence-corrected chi connectivity index (χ0v) is 12.3. The summed E-state index contributed by atoms with van der Waals surface area (Å²) >= 11 is 0. The van der Waals surface area contributed by atoms with Crippen LogP contribution in [0.4, 0.5) is 5.69 Å². The van der Waals surface area contributed by atoms with E-state index in [-0.39, 0.29) is 6.04 Å². The van der Waals surface area contributed by atoms with Crippen LogP contribution in [0.2, 0.25) is 0 Å². The third kappa shape index (κ3) is 3.75. The van der Waals surface area contributed by atoms with Crippen molar-refractivity contribution in [2.45, 2.75) is 19.5 Å². The molecule has 0 amide bonds. The predicted molar refractivity (Wildman–Crippen MR) is 84.0 cm³/mol. The second kappa shape index (κ2) is 6.44. The number of benzene rings is 2. The fourth-order valence-corrected chi connectivity index (χ4v) is 2.25. The van der Waals surface area contributed by atoms with Crippen LogP contribution in [0.5, 0.6) is 5.75 Å². The molecule has 0 heterocycles. The number of phenols is 1. The van der Waals surface area contributed by atoms with E-state index in [4.69, 9.17) is 0 Å². The lowest BCUT2D eigenvalue weighted by molar-refractivity contribution is 0.402. The van der Waals surface area contributed by atoms with E-state index < -0.39 is 0 Å². The highest BCUT2D eigenvalue weighted by Crippen LogP contribution is 2.26. The third-order valence-corrected chi connectivity index (χ3v) is 3.24. The topological polar surface area (TPSA) is 35.5 Å². The average Bonchev–Trinajstić information content (AvgIpc) is 2.41. The summed E-state index contributed by atoms with van der Waals surface area (Å²) in [5.74, 6) is 0.330. The highest BCUT2D eigenvalue weighted by Gasteiger charge is 2.09. The maximum absolute atomic E-state index is 9.86. The summed E-state index contributed by atoms with van der Waals surface area (Å²) in [6, 6.07) is 15.9. The molecule has 0 saturated heterocycles. The van der Waals surface area contributed by atoms with Gasteiger partial charge in [-0.05, 0) is 44.8 Å². The minimum atomic E-state index is 0.0656. The van der Waals surface area contributed by atoms with Gasteiger partial charge in [0.15, 0.2) is 0 Å². The minimum absolute atomic E-state index is 0.0656. The van der Waals surface area contributed by atoms with E-state index in [0.29, 0.717) is 5.75 Å². The largest absolute Gasteiger partial charge is 0.508 e. The van der Waals surface area contributed by atoms with Gasteiger partial charge in [0.1, 0.15) is 5.75 Å². The maximum Gasteiger partial charge on any atom is 0.120 e. The first-order valence-electron chi connectivity index (χ1n) is 6.84. The molecule has 3 heteroatoms. The molecule has 0 radical (unpaired) electrons. The van der Waals surface area contributed by atoms with E-state index in [1.54, 1.807) is 6.07 Å². The molecule has 0 fully saturated rings. The summed E-state index contributed by atoms with van der Waals surface area (Å²) in [5, 5.41) is 13.3. The fourth-order valence-electron chi connectivity index (χ4n) is 2.25. The molecular weight excluding hydrogens is 248 g/mol. The molecule has 0 aliphatic rings. The van der Waals surface area contributed by atoms with Crippen LogP contribution in [-0.4, -0.2) is 24.1 Å². The summed E-state index contributed by atoms with van der Waals surface area (Å²) in [4.78, 5) is 2.15. The molecule has 0 bridgehead atoms. The SMILES string of the molecule is CC(Nc1ccc(CN(C)C)cc1)c1ccccc1O. The number of anilines is 1. The lowest BCUT2D eigenvalue weighted by atomic mass is 10.1. The molecule has 0 saturated carbocycles. The maximum atomic E-state index is 9.86. The molecular formula is C17H22N2O. The second-order valence-electron chi connectivity index (χ2n) is 5.36. The Balaban J connectivity index is 2.05. The van der Waals surface area contributed by atoms with Crippen molar-refractivity contribution in [2.75, 3.05) is 19.4 Å². The predicted octanol–water partition coefficient (Wildman–Crippen LogP) is 3.63. The summed E-state index contributed by atoms with van der Waals surface area (Å²) in [7, 11) is 4.12. The smallest absolute Gasteiger partial charge is 0.120 e. The molecule has 3 nitrogen and oxygen atoms in total. The van der Waals surface area contributed by atoms with Gasteiger partial charge in [0.25, 0.3) is 0 Å². The normalized spacial score (nSPS) is 12.4. The van der Waals surface area contributed by atoms with E-state index in [1.165, 1.54) is 5.56 Å². The van der Waals surface area contributed by atoms with Crippen LogP contribution >= 0.6 is 0 Å². The van der Waals surface area contributed by atoms with E-state index in [0.717, 1.165) is 17.8 Å². The number of rotatable bonds is 5. The van der Waals surface area contributed by atoms with Gasteiger partial charge in [-0.25, -0.2) is 0 Å². The average molecular weight is 270 g/mol. The molecule has 106 valence electrons. The van der Waals surface area contributed by atoms with Crippen molar-refractivity contribution in [1.29, 1.82) is 0 Å². The van der Waals surface area contributed by atoms with Crippen molar-refractivity contribution in [3.8, 4) is 5.75 Å². The molecule has 0 spiro atoms. The van der Waals surface area contributed by atoms with E-state index >= 15 is 0 Å². The van der Waals surface area contributed by atoms with E-state index in [9.17, 15) is 5.11 Å². The Morgan fingerprint density at radius 3 is 2.30 bits per heavy atom. The lowest BCUT2D eigenvalue weighted by Gasteiger charge is -2.17. The van der Waals surface area contributed by atoms with Crippen LogP contribution in [0, 0.1) is 0 Å². The summed E-state index contributed by atoms with van der Waals surface area (Å²) < 4.78 is 0. The first-order chi connectivity index (χ1) is 9.56. The zero-order chi connectivity index (χ0) is 14.5. The van der Waals surface area contributed by atoms with Gasteiger partial charge >= 0.3 is 0 Å². The number of hydrogen-bond donors (Lipinski definition) is 2. The fraction of sp³-hybridized carbons (Fsp3) is 0.294. The van der Waals surface area contributed by atoms with Gasteiger partial charge < -0.3 is 15.3 Å². The number of nitrogens with one attached hydrogen (secondary N) is 1. The Morgan fingerprint density at radius 2 is 1.70 bits per heavy atom. The van der Waals surface area contributed by atoms with Gasteiger partial charge in [-0.15, -0.1) is 0 Å². The van der Waals surface area contributed by atoms with Crippen LogP contribution in [0.15, 0.2) is 48.5 Å². The molecule has 0 aliphatic carbocycles. The number of aromatic hydroxyl groups is 1. The first-order valence-corrected chi connectivity index (χ1v) is 6.84. The van der Waals surface area contributed by atoms with Gasteiger partial charge in [-0.3, -0.25) is 0 Å². The molecule has 20 heavy (non-hydrogen) atoms. The lowest BCUT2D eigenvalue weighted by Crippen LogP contribution is -2.11. The van der Waals surface area contributed by atoms with Gasteiger partial charge in [-0.2, -0.15) is 0 Å². The first kappa shape index (κ1) is 14.4. The Morgan fingerprint density at radius 1 is 1.05 bits per heavy atom. The van der Waals surface area contributed by atoms with E-state index in [2.05, 4.69) is 48.6 Å². The standard InChI is InChI=1S/C17H22N2O/c1-13(16-6-4-5-7-17(16)20)18-15-10-8-14(9-11-15)12-19(2)3/h4-11,13,18,20H,12H2,1-3H3. The minimum Gasteiger partial charge on any atom is -0.508 e. The molecule has 2 rings (SSSR count). The number of phenolic OH excluding ortho intramolecular Hbond substituents is 1. The van der Waals surface area contributed by atoms with Crippen LogP contribution in [0.25, 0.3) is 0 Å². The van der Waals surface area contributed by atoms with Crippen molar-refractivity contribution in [1.82, 2.24) is 4.90 Å². The summed E-state index contributed by atoms with van der Waals surface area (Å²) in [5.41, 5.74) is 3.25. The Hall–Kier alpha value is -2.00. The molecule has 0 aliphatic heterocycles. The number of nitrogens with zero attached hydrogens (tertiary/aromatic N) is 1. The third-order valence-electron chi connectivity index (χ3n) is 3.24. The van der Waals surface area contributed by atoms with Crippen LogP contribution in [0.1, 0.15) is 24.1 Å². The van der Waals surface area contributed by atoms with Crippen LogP contribution in [-0.2, 0) is 6.54 Å². The van der Waals surface area contributed by atoms with Crippen molar-refractivity contribution in [3.63, 3.8) is 0 Å². The highest BCUT2D eigenvalue weighted by atomic mass is 16.3. The molecule has 1 unspecified atom stereocenters. The second-order valence-corrected chi connectivity index (χ2v) is 5.36. The number of para-hydroxylation sites is 1. The molecule has 2 aromatic rings. The van der Waals surface area contributed by atoms with Crippen molar-refractivity contribution in [3.05, 3.63) is 59.7 Å².